The van der Waals surface area contributed by atoms with E-state index in [1.807, 2.05) is 7.11 Å². The zero-order valence-corrected chi connectivity index (χ0v) is 10.3. The molecule has 92 valence electrons. The minimum Gasteiger partial charge on any atom is -0.380 e. The van der Waals surface area contributed by atoms with Crippen LogP contribution in [0.1, 0.15) is 41.5 Å². The SMILES string of the molecule is C.CO[C@@H]1CN(C(C)C)CC[C@@H]1C(C)C. The zero-order chi connectivity index (χ0) is 10.7. The Kier molecular flexibility index (Phi) is 6.46. The Balaban J connectivity index is 0.00000196. The van der Waals surface area contributed by atoms with Gasteiger partial charge in [-0.3, -0.25) is 4.90 Å². The van der Waals surface area contributed by atoms with E-state index in [4.69, 9.17) is 4.74 Å². The summed E-state index contributed by atoms with van der Waals surface area (Å²) in [6.07, 6.45) is 1.72. The Morgan fingerprint density at radius 1 is 1.20 bits per heavy atom. The molecule has 1 rings (SSSR count). The fraction of sp³-hybridized carbons (Fsp3) is 1.00. The zero-order valence-electron chi connectivity index (χ0n) is 10.3. The molecule has 0 N–H and O–H groups in total. The first-order chi connectivity index (χ1) is 6.56. The summed E-state index contributed by atoms with van der Waals surface area (Å²) in [5.41, 5.74) is 0. The summed E-state index contributed by atoms with van der Waals surface area (Å²) in [4.78, 5) is 2.52. The van der Waals surface area contributed by atoms with Crippen LogP contribution in [0.3, 0.4) is 0 Å². The maximum atomic E-state index is 5.60. The van der Waals surface area contributed by atoms with E-state index in [0.717, 1.165) is 18.4 Å². The molecule has 0 aromatic rings. The Morgan fingerprint density at radius 3 is 2.20 bits per heavy atom. The first-order valence-electron chi connectivity index (χ1n) is 5.83. The van der Waals surface area contributed by atoms with Crippen molar-refractivity contribution in [2.75, 3.05) is 20.2 Å². The van der Waals surface area contributed by atoms with Crippen molar-refractivity contribution in [3.63, 3.8) is 0 Å². The molecular weight excluding hydrogens is 186 g/mol. The van der Waals surface area contributed by atoms with Gasteiger partial charge in [0, 0.05) is 19.7 Å². The lowest BCUT2D eigenvalue weighted by atomic mass is 9.84. The van der Waals surface area contributed by atoms with Crippen LogP contribution >= 0.6 is 0 Å². The molecule has 15 heavy (non-hydrogen) atoms. The number of rotatable bonds is 3. The molecule has 0 amide bonds. The largest absolute Gasteiger partial charge is 0.380 e. The van der Waals surface area contributed by atoms with Gasteiger partial charge in [0.2, 0.25) is 0 Å². The van der Waals surface area contributed by atoms with E-state index < -0.39 is 0 Å². The molecule has 0 aliphatic carbocycles. The van der Waals surface area contributed by atoms with E-state index >= 15 is 0 Å². The van der Waals surface area contributed by atoms with Crippen LogP contribution in [0.4, 0.5) is 0 Å². The molecule has 1 saturated heterocycles. The summed E-state index contributed by atoms with van der Waals surface area (Å²) in [6, 6.07) is 0.653. The second kappa shape index (κ2) is 6.49. The van der Waals surface area contributed by atoms with Gasteiger partial charge in [0.05, 0.1) is 6.10 Å². The molecule has 0 bridgehead atoms. The number of nitrogens with zero attached hydrogens (tertiary/aromatic N) is 1. The Labute approximate surface area is 96.0 Å². The van der Waals surface area contributed by atoms with E-state index in [0.29, 0.717) is 12.1 Å². The Bertz CT molecular complexity index is 168. The van der Waals surface area contributed by atoms with Gasteiger partial charge >= 0.3 is 0 Å². The van der Waals surface area contributed by atoms with Gasteiger partial charge < -0.3 is 4.74 Å². The van der Waals surface area contributed by atoms with Crippen LogP contribution in [0.2, 0.25) is 0 Å². The van der Waals surface area contributed by atoms with Gasteiger partial charge in [-0.2, -0.15) is 0 Å². The van der Waals surface area contributed by atoms with Gasteiger partial charge in [-0.25, -0.2) is 0 Å². The third kappa shape index (κ3) is 3.76. The maximum Gasteiger partial charge on any atom is 0.0729 e. The van der Waals surface area contributed by atoms with Crippen molar-refractivity contribution >= 4 is 0 Å². The second-order valence-electron chi connectivity index (χ2n) is 5.06. The van der Waals surface area contributed by atoms with Crippen molar-refractivity contribution in [3.05, 3.63) is 0 Å². The Hall–Kier alpha value is -0.0800. The van der Waals surface area contributed by atoms with Crippen LogP contribution in [-0.4, -0.2) is 37.2 Å². The van der Waals surface area contributed by atoms with Crippen molar-refractivity contribution in [1.82, 2.24) is 4.90 Å². The number of likely N-dealkylation sites (tertiary alicyclic amines) is 1. The summed E-state index contributed by atoms with van der Waals surface area (Å²) in [7, 11) is 1.85. The minimum atomic E-state index is 0. The van der Waals surface area contributed by atoms with Crippen LogP contribution in [0.25, 0.3) is 0 Å². The van der Waals surface area contributed by atoms with Gasteiger partial charge in [-0.15, -0.1) is 0 Å². The van der Waals surface area contributed by atoms with Crippen molar-refractivity contribution in [3.8, 4) is 0 Å². The highest BCUT2D eigenvalue weighted by Crippen LogP contribution is 2.27. The number of hydrogen-bond acceptors (Lipinski definition) is 2. The van der Waals surface area contributed by atoms with Crippen molar-refractivity contribution in [1.29, 1.82) is 0 Å². The standard InChI is InChI=1S/C12H25NO.CH4/c1-9(2)11-6-7-13(10(3)4)8-12(11)14-5;/h9-12H,6-8H2,1-5H3;1H4/t11-,12-;/m1./s1. The molecule has 0 unspecified atom stereocenters. The lowest BCUT2D eigenvalue weighted by Crippen LogP contribution is -2.48. The summed E-state index contributed by atoms with van der Waals surface area (Å²) >= 11 is 0. The van der Waals surface area contributed by atoms with Crippen LogP contribution in [-0.2, 0) is 4.74 Å². The van der Waals surface area contributed by atoms with Crippen LogP contribution in [0.5, 0.6) is 0 Å². The van der Waals surface area contributed by atoms with Crippen molar-refractivity contribution in [2.24, 2.45) is 11.8 Å². The highest BCUT2D eigenvalue weighted by atomic mass is 16.5. The molecule has 1 aliphatic heterocycles. The van der Waals surface area contributed by atoms with Gasteiger partial charge in [-0.05, 0) is 38.6 Å². The lowest BCUT2D eigenvalue weighted by molar-refractivity contribution is -0.0352. The van der Waals surface area contributed by atoms with E-state index in [-0.39, 0.29) is 7.43 Å². The summed E-state index contributed by atoms with van der Waals surface area (Å²) < 4.78 is 5.60. The summed E-state index contributed by atoms with van der Waals surface area (Å²) in [5.74, 6) is 1.49. The molecule has 0 aromatic carbocycles. The van der Waals surface area contributed by atoms with Crippen molar-refractivity contribution < 1.29 is 4.74 Å². The van der Waals surface area contributed by atoms with E-state index in [1.165, 1.54) is 13.0 Å². The molecule has 2 atom stereocenters. The summed E-state index contributed by atoms with van der Waals surface area (Å²) in [6.45, 7) is 11.5. The molecule has 0 aromatic heterocycles. The Morgan fingerprint density at radius 2 is 1.80 bits per heavy atom. The average molecular weight is 215 g/mol. The van der Waals surface area contributed by atoms with Crippen LogP contribution < -0.4 is 0 Å². The number of ether oxygens (including phenoxy) is 1. The number of piperidine rings is 1. The van der Waals surface area contributed by atoms with E-state index in [9.17, 15) is 0 Å². The smallest absolute Gasteiger partial charge is 0.0729 e. The van der Waals surface area contributed by atoms with Gasteiger partial charge in [-0.1, -0.05) is 21.3 Å². The van der Waals surface area contributed by atoms with E-state index in [2.05, 4.69) is 32.6 Å². The molecule has 1 aliphatic rings. The number of hydrogen-bond donors (Lipinski definition) is 0. The fourth-order valence-electron chi connectivity index (χ4n) is 2.44. The van der Waals surface area contributed by atoms with Crippen LogP contribution in [0.15, 0.2) is 0 Å². The highest BCUT2D eigenvalue weighted by molar-refractivity contribution is 4.84. The average Bonchev–Trinajstić information content (AvgIpc) is 2.16. The number of methoxy groups -OCH3 is 1. The molecular formula is C13H29NO. The predicted octanol–water partition coefficient (Wildman–Crippen LogP) is 3.02. The van der Waals surface area contributed by atoms with Gasteiger partial charge in [0.25, 0.3) is 0 Å². The van der Waals surface area contributed by atoms with Crippen molar-refractivity contribution in [2.45, 2.75) is 53.7 Å². The molecule has 0 saturated carbocycles. The van der Waals surface area contributed by atoms with Crippen LogP contribution in [0, 0.1) is 11.8 Å². The maximum absolute atomic E-state index is 5.60. The fourth-order valence-corrected chi connectivity index (χ4v) is 2.44. The molecule has 0 radical (unpaired) electrons. The molecule has 2 heteroatoms. The highest BCUT2D eigenvalue weighted by Gasteiger charge is 2.31. The van der Waals surface area contributed by atoms with Gasteiger partial charge in [0.15, 0.2) is 0 Å². The second-order valence-corrected chi connectivity index (χ2v) is 5.06. The molecule has 1 heterocycles. The molecule has 2 nitrogen and oxygen atoms in total. The summed E-state index contributed by atoms with van der Waals surface area (Å²) in [5, 5.41) is 0. The normalized spacial score (nSPS) is 28.2. The molecule has 0 spiro atoms. The first kappa shape index (κ1) is 14.9. The quantitative estimate of drug-likeness (QED) is 0.717. The topological polar surface area (TPSA) is 12.5 Å². The molecule has 1 fully saturated rings. The van der Waals surface area contributed by atoms with Gasteiger partial charge in [0.1, 0.15) is 0 Å². The first-order valence-corrected chi connectivity index (χ1v) is 5.83. The minimum absolute atomic E-state index is 0. The van der Waals surface area contributed by atoms with E-state index in [1.54, 1.807) is 0 Å². The monoisotopic (exact) mass is 215 g/mol. The third-order valence-corrected chi connectivity index (χ3v) is 3.53. The lowest BCUT2D eigenvalue weighted by Gasteiger charge is -2.41. The third-order valence-electron chi connectivity index (χ3n) is 3.53. The predicted molar refractivity (Wildman–Crippen MR) is 67.2 cm³/mol.